The Kier molecular flexibility index (Phi) is 8.97. The number of piperazine rings is 1. The zero-order chi connectivity index (χ0) is 35.5. The predicted octanol–water partition coefficient (Wildman–Crippen LogP) is 9.15. The molecule has 1 saturated heterocycles. The summed E-state index contributed by atoms with van der Waals surface area (Å²) in [7, 11) is 4.15. The summed E-state index contributed by atoms with van der Waals surface area (Å²) < 4.78 is 9.07. The van der Waals surface area contributed by atoms with Gasteiger partial charge in [0.15, 0.2) is 6.10 Å². The Hall–Kier alpha value is -4.28. The number of aromatic nitrogens is 3. The van der Waals surface area contributed by atoms with Crippen LogP contribution in [0.2, 0.25) is 5.02 Å². The van der Waals surface area contributed by atoms with Gasteiger partial charge in [0.25, 0.3) is 0 Å². The van der Waals surface area contributed by atoms with Gasteiger partial charge < -0.3 is 19.6 Å². The molecule has 1 aliphatic rings. The first kappa shape index (κ1) is 34.2. The van der Waals surface area contributed by atoms with Crippen LogP contribution in [0.1, 0.15) is 43.7 Å². The van der Waals surface area contributed by atoms with Crippen molar-refractivity contribution >= 4 is 55.7 Å². The van der Waals surface area contributed by atoms with Crippen LogP contribution >= 0.6 is 22.9 Å². The zero-order valence-electron chi connectivity index (χ0n) is 29.5. The summed E-state index contributed by atoms with van der Waals surface area (Å²) in [6.45, 7) is 13.5. The van der Waals surface area contributed by atoms with Crippen molar-refractivity contribution in [3.05, 3.63) is 88.6 Å². The van der Waals surface area contributed by atoms with Crippen LogP contribution in [0, 0.1) is 13.8 Å². The molecule has 10 heteroatoms. The summed E-state index contributed by atoms with van der Waals surface area (Å²) in [6, 6.07) is 22.9. The first-order valence-electron chi connectivity index (χ1n) is 16.9. The van der Waals surface area contributed by atoms with Crippen LogP contribution in [-0.4, -0.2) is 69.6 Å². The largest absolute Gasteiger partial charge is 0.479 e. The quantitative estimate of drug-likeness (QED) is 0.177. The Bertz CT molecular complexity index is 2240. The number of ether oxygens (including phenoxy) is 1. The standard InChI is InChI=1S/C40H42ClN5O3S/c1-23-18-32-37(35(25-8-11-29(41)12-9-25)34(23)36(39(47)48)49-40(3,4)5)50-38(42-32)28-19-27(20-30(21-28)46-16-14-44(6)15-17-46)26-10-13-33-31(22-26)24(2)43-45(33)7/h8-13,18-22,36H,14-17H2,1-7H3,(H,47,48)/t36-/m0/s1. The third-order valence-electron chi connectivity index (χ3n) is 9.42. The van der Waals surface area contributed by atoms with Crippen molar-refractivity contribution in [1.82, 2.24) is 19.7 Å². The van der Waals surface area contributed by atoms with Crippen molar-refractivity contribution in [3.63, 3.8) is 0 Å². The highest BCUT2D eigenvalue weighted by molar-refractivity contribution is 7.22. The Labute approximate surface area is 301 Å². The van der Waals surface area contributed by atoms with E-state index in [9.17, 15) is 9.90 Å². The summed E-state index contributed by atoms with van der Waals surface area (Å²) in [5, 5.41) is 17.8. The number of hydrogen-bond acceptors (Lipinski definition) is 7. The molecule has 0 spiro atoms. The number of aliphatic carboxylic acids is 1. The smallest absolute Gasteiger partial charge is 0.337 e. The minimum Gasteiger partial charge on any atom is -0.479 e. The molecule has 50 heavy (non-hydrogen) atoms. The minimum absolute atomic E-state index is 0.609. The highest BCUT2D eigenvalue weighted by Gasteiger charge is 2.32. The number of fused-ring (bicyclic) bond motifs is 2. The van der Waals surface area contributed by atoms with E-state index in [1.807, 2.05) is 69.8 Å². The number of rotatable bonds is 7. The molecule has 0 aliphatic carbocycles. The fourth-order valence-electron chi connectivity index (χ4n) is 6.93. The van der Waals surface area contributed by atoms with Gasteiger partial charge in [-0.1, -0.05) is 29.8 Å². The lowest BCUT2D eigenvalue weighted by atomic mass is 9.91. The van der Waals surface area contributed by atoms with Crippen LogP contribution in [-0.2, 0) is 16.6 Å². The van der Waals surface area contributed by atoms with E-state index in [1.54, 1.807) is 11.3 Å². The lowest BCUT2D eigenvalue weighted by molar-refractivity contribution is -0.160. The third-order valence-corrected chi connectivity index (χ3v) is 10.8. The fourth-order valence-corrected chi connectivity index (χ4v) is 8.17. The van der Waals surface area contributed by atoms with Gasteiger partial charge in [-0.05, 0) is 112 Å². The van der Waals surface area contributed by atoms with Crippen LogP contribution < -0.4 is 4.90 Å². The summed E-state index contributed by atoms with van der Waals surface area (Å²) in [4.78, 5) is 22.9. The monoisotopic (exact) mass is 707 g/mol. The van der Waals surface area contributed by atoms with Crippen molar-refractivity contribution in [2.75, 3.05) is 38.1 Å². The minimum atomic E-state index is -1.17. The first-order chi connectivity index (χ1) is 23.8. The molecule has 2 aromatic heterocycles. The Morgan fingerprint density at radius 2 is 1.58 bits per heavy atom. The molecule has 3 heterocycles. The van der Waals surface area contributed by atoms with Crippen LogP contribution in [0.5, 0.6) is 0 Å². The molecule has 6 aromatic rings. The van der Waals surface area contributed by atoms with Crippen molar-refractivity contribution in [2.24, 2.45) is 7.05 Å². The van der Waals surface area contributed by atoms with Crippen LogP contribution in [0.4, 0.5) is 5.69 Å². The van der Waals surface area contributed by atoms with Gasteiger partial charge >= 0.3 is 5.97 Å². The van der Waals surface area contributed by atoms with Gasteiger partial charge in [0.05, 0.1) is 27.0 Å². The Balaban J connectivity index is 1.44. The van der Waals surface area contributed by atoms with Crippen LogP contribution in [0.25, 0.3) is 53.9 Å². The van der Waals surface area contributed by atoms with Gasteiger partial charge in [-0.15, -0.1) is 11.3 Å². The fraction of sp³-hybridized carbons (Fsp3) is 0.325. The van der Waals surface area contributed by atoms with Gasteiger partial charge in [0.1, 0.15) is 5.01 Å². The molecule has 7 rings (SSSR count). The number of carbonyl (C=O) groups is 1. The molecule has 0 unspecified atom stereocenters. The van der Waals surface area contributed by atoms with Crippen LogP contribution in [0.15, 0.2) is 66.7 Å². The second-order valence-electron chi connectivity index (χ2n) is 14.3. The Morgan fingerprint density at radius 1 is 0.900 bits per heavy atom. The van der Waals surface area contributed by atoms with Crippen LogP contribution in [0.3, 0.4) is 0 Å². The molecule has 0 amide bonds. The number of aryl methyl sites for hydroxylation is 3. The SMILES string of the molecule is Cc1cc2nc(-c3cc(-c4ccc5c(c4)c(C)nn5C)cc(N4CCN(C)CC4)c3)sc2c(-c2ccc(Cl)cc2)c1[C@H](OC(C)(C)C)C(=O)O. The second kappa shape index (κ2) is 13.1. The Morgan fingerprint density at radius 3 is 2.26 bits per heavy atom. The summed E-state index contributed by atoms with van der Waals surface area (Å²) in [6.07, 6.45) is -1.17. The molecular weight excluding hydrogens is 666 g/mol. The number of halogens is 1. The number of benzene rings is 4. The normalized spacial score (nSPS) is 14.9. The van der Waals surface area contributed by atoms with E-state index >= 15 is 0 Å². The van der Waals surface area contributed by atoms with Crippen molar-refractivity contribution < 1.29 is 14.6 Å². The number of likely N-dealkylation sites (N-methyl/N-ethyl adjacent to an activating group) is 1. The van der Waals surface area contributed by atoms with Crippen molar-refractivity contribution in [3.8, 4) is 32.8 Å². The lowest BCUT2D eigenvalue weighted by Gasteiger charge is -2.34. The predicted molar refractivity (Wildman–Crippen MR) is 206 cm³/mol. The summed E-state index contributed by atoms with van der Waals surface area (Å²) in [5.74, 6) is -1.03. The molecule has 0 bridgehead atoms. The topological polar surface area (TPSA) is 83.7 Å². The maximum atomic E-state index is 12.8. The van der Waals surface area contributed by atoms with Gasteiger partial charge in [0, 0.05) is 66.0 Å². The maximum Gasteiger partial charge on any atom is 0.337 e. The molecule has 1 atom stereocenters. The average Bonchev–Trinajstić information content (AvgIpc) is 3.62. The van der Waals surface area contributed by atoms with E-state index in [-0.39, 0.29) is 0 Å². The van der Waals surface area contributed by atoms with E-state index in [4.69, 9.17) is 21.3 Å². The molecule has 0 saturated carbocycles. The molecule has 1 aliphatic heterocycles. The summed E-state index contributed by atoms with van der Waals surface area (Å²) in [5.41, 5.74) is 9.76. The first-order valence-corrected chi connectivity index (χ1v) is 18.1. The van der Waals surface area contributed by atoms with E-state index in [0.717, 1.165) is 97.1 Å². The molecule has 0 radical (unpaired) electrons. The molecule has 1 N–H and O–H groups in total. The third kappa shape index (κ3) is 6.63. The zero-order valence-corrected chi connectivity index (χ0v) is 31.1. The van der Waals surface area contributed by atoms with E-state index < -0.39 is 17.7 Å². The number of hydrogen-bond donors (Lipinski definition) is 1. The van der Waals surface area contributed by atoms with Gasteiger partial charge in [-0.3, -0.25) is 4.68 Å². The van der Waals surface area contributed by atoms with Gasteiger partial charge in [-0.25, -0.2) is 9.78 Å². The number of carboxylic acid groups (broad SMARTS) is 1. The molecule has 4 aromatic carbocycles. The molecule has 258 valence electrons. The van der Waals surface area contributed by atoms with Crippen molar-refractivity contribution in [1.29, 1.82) is 0 Å². The molecular formula is C40H42ClN5O3S. The second-order valence-corrected chi connectivity index (χ2v) is 15.7. The molecule has 8 nitrogen and oxygen atoms in total. The van der Waals surface area contributed by atoms with Gasteiger partial charge in [-0.2, -0.15) is 5.10 Å². The number of nitrogens with zero attached hydrogens (tertiary/aromatic N) is 5. The lowest BCUT2D eigenvalue weighted by Crippen LogP contribution is -2.44. The van der Waals surface area contributed by atoms with E-state index in [2.05, 4.69) is 65.3 Å². The van der Waals surface area contributed by atoms with E-state index in [0.29, 0.717) is 10.6 Å². The van der Waals surface area contributed by atoms with E-state index in [1.165, 1.54) is 0 Å². The number of carboxylic acids is 1. The highest BCUT2D eigenvalue weighted by Crippen LogP contribution is 2.45. The van der Waals surface area contributed by atoms with Crippen molar-refractivity contribution in [2.45, 2.75) is 46.3 Å². The summed E-state index contributed by atoms with van der Waals surface area (Å²) >= 11 is 7.91. The number of thiazole rings is 1. The highest BCUT2D eigenvalue weighted by atomic mass is 35.5. The van der Waals surface area contributed by atoms with Gasteiger partial charge in [0.2, 0.25) is 0 Å². The number of anilines is 1. The average molecular weight is 708 g/mol. The maximum absolute atomic E-state index is 12.8. The molecule has 1 fully saturated rings.